The van der Waals surface area contributed by atoms with Crippen molar-refractivity contribution in [2.24, 2.45) is 5.41 Å². The first kappa shape index (κ1) is 14.3. The number of carboxylic acid groups (broad SMARTS) is 1. The predicted molar refractivity (Wildman–Crippen MR) is 69.7 cm³/mol. The highest BCUT2D eigenvalue weighted by Gasteiger charge is 2.63. The van der Waals surface area contributed by atoms with Gasteiger partial charge in [0.1, 0.15) is 5.54 Å². The van der Waals surface area contributed by atoms with E-state index in [9.17, 15) is 14.7 Å². The number of carbonyl (C=O) groups is 2. The first-order chi connectivity index (χ1) is 9.00. The van der Waals surface area contributed by atoms with Gasteiger partial charge in [-0.3, -0.25) is 4.79 Å². The number of carbonyl (C=O) groups excluding carboxylic acids is 1. The first-order valence-electron chi connectivity index (χ1n) is 7.05. The average Bonchev–Trinajstić information content (AvgIpc) is 2.71. The molecule has 1 spiro atoms. The van der Waals surface area contributed by atoms with Crippen LogP contribution in [0.25, 0.3) is 0 Å². The molecule has 0 aromatic heterocycles. The monoisotopic (exact) mass is 269 g/mol. The molecule has 1 saturated heterocycles. The highest BCUT2D eigenvalue weighted by atomic mass is 16.5. The van der Waals surface area contributed by atoms with Gasteiger partial charge in [-0.2, -0.15) is 0 Å². The van der Waals surface area contributed by atoms with Gasteiger partial charge in [0.2, 0.25) is 6.41 Å². The van der Waals surface area contributed by atoms with Crippen LogP contribution < -0.4 is 0 Å². The number of carboxylic acids is 1. The van der Waals surface area contributed by atoms with Crippen molar-refractivity contribution in [2.45, 2.75) is 57.5 Å². The van der Waals surface area contributed by atoms with Crippen LogP contribution >= 0.6 is 0 Å². The SMILES string of the molecule is CC(C)N(C=O)C1(C(=O)O)CCCC12CCOCC2. The Morgan fingerprint density at radius 3 is 2.37 bits per heavy atom. The molecule has 0 radical (unpaired) electrons. The largest absolute Gasteiger partial charge is 0.479 e. The Balaban J connectivity index is 2.47. The van der Waals surface area contributed by atoms with E-state index in [1.807, 2.05) is 13.8 Å². The first-order valence-corrected chi connectivity index (χ1v) is 7.05. The van der Waals surface area contributed by atoms with Crippen molar-refractivity contribution in [1.29, 1.82) is 0 Å². The van der Waals surface area contributed by atoms with Crippen molar-refractivity contribution >= 4 is 12.4 Å². The van der Waals surface area contributed by atoms with Gasteiger partial charge in [0.15, 0.2) is 0 Å². The number of rotatable bonds is 4. The van der Waals surface area contributed by atoms with Crippen LogP contribution in [0, 0.1) is 5.41 Å². The standard InChI is InChI=1S/C14H23NO4/c1-11(2)15(10-16)14(12(17)18)5-3-4-13(14)6-8-19-9-7-13/h10-11H,3-9H2,1-2H3,(H,17,18). The van der Waals surface area contributed by atoms with Gasteiger partial charge in [-0.05, 0) is 46.0 Å². The van der Waals surface area contributed by atoms with E-state index < -0.39 is 11.5 Å². The van der Waals surface area contributed by atoms with Crippen molar-refractivity contribution in [3.63, 3.8) is 0 Å². The molecule has 5 nitrogen and oxygen atoms in total. The highest BCUT2D eigenvalue weighted by Crippen LogP contribution is 2.55. The van der Waals surface area contributed by atoms with Crippen LogP contribution in [0.15, 0.2) is 0 Å². The fourth-order valence-electron chi connectivity index (χ4n) is 4.08. The Kier molecular flexibility index (Phi) is 3.85. The van der Waals surface area contributed by atoms with Crippen LogP contribution in [0.3, 0.4) is 0 Å². The summed E-state index contributed by atoms with van der Waals surface area (Å²) in [6.07, 6.45) is 4.48. The third kappa shape index (κ3) is 1.95. The number of aliphatic carboxylic acids is 1. The number of ether oxygens (including phenoxy) is 1. The Bertz CT molecular complexity index is 362. The van der Waals surface area contributed by atoms with Crippen molar-refractivity contribution < 1.29 is 19.4 Å². The molecule has 1 aliphatic carbocycles. The van der Waals surface area contributed by atoms with Crippen molar-refractivity contribution in [2.75, 3.05) is 13.2 Å². The van der Waals surface area contributed by atoms with Crippen LogP contribution in [-0.2, 0) is 14.3 Å². The Labute approximate surface area is 113 Å². The topological polar surface area (TPSA) is 66.8 Å². The fourth-order valence-corrected chi connectivity index (χ4v) is 4.08. The molecule has 19 heavy (non-hydrogen) atoms. The highest BCUT2D eigenvalue weighted by molar-refractivity contribution is 5.83. The van der Waals surface area contributed by atoms with Crippen LogP contribution in [0.1, 0.15) is 46.0 Å². The molecule has 2 rings (SSSR count). The van der Waals surface area contributed by atoms with Crippen molar-refractivity contribution in [3.8, 4) is 0 Å². The van der Waals surface area contributed by atoms with Crippen LogP contribution in [0.5, 0.6) is 0 Å². The summed E-state index contributed by atoms with van der Waals surface area (Å²) in [6.45, 7) is 4.95. The zero-order valence-corrected chi connectivity index (χ0v) is 11.7. The summed E-state index contributed by atoms with van der Waals surface area (Å²) in [4.78, 5) is 25.1. The lowest BCUT2D eigenvalue weighted by Crippen LogP contribution is -2.64. The smallest absolute Gasteiger partial charge is 0.330 e. The molecule has 1 saturated carbocycles. The van der Waals surface area contributed by atoms with Crippen LogP contribution in [0.4, 0.5) is 0 Å². The van der Waals surface area contributed by atoms with E-state index in [1.54, 1.807) is 0 Å². The van der Waals surface area contributed by atoms with Gasteiger partial charge < -0.3 is 14.7 Å². The maximum Gasteiger partial charge on any atom is 0.330 e. The summed E-state index contributed by atoms with van der Waals surface area (Å²) in [7, 11) is 0. The summed E-state index contributed by atoms with van der Waals surface area (Å²) < 4.78 is 5.40. The third-order valence-corrected chi connectivity index (χ3v) is 4.99. The lowest BCUT2D eigenvalue weighted by atomic mass is 9.65. The minimum absolute atomic E-state index is 0.105. The van der Waals surface area contributed by atoms with Crippen molar-refractivity contribution in [1.82, 2.24) is 4.90 Å². The molecule has 1 amide bonds. The van der Waals surface area contributed by atoms with Gasteiger partial charge in [0.25, 0.3) is 0 Å². The lowest BCUT2D eigenvalue weighted by Gasteiger charge is -2.51. The molecule has 2 fully saturated rings. The molecule has 0 bridgehead atoms. The van der Waals surface area contributed by atoms with Gasteiger partial charge in [-0.15, -0.1) is 0 Å². The minimum Gasteiger partial charge on any atom is -0.479 e. The molecule has 0 aromatic carbocycles. The number of amides is 1. The summed E-state index contributed by atoms with van der Waals surface area (Å²) in [5, 5.41) is 9.89. The molecule has 1 unspecified atom stereocenters. The molecular formula is C14H23NO4. The molecule has 1 heterocycles. The van der Waals surface area contributed by atoms with Gasteiger partial charge >= 0.3 is 5.97 Å². The second kappa shape index (κ2) is 5.12. The summed E-state index contributed by atoms with van der Waals surface area (Å²) in [5.41, 5.74) is -1.37. The number of hydrogen-bond donors (Lipinski definition) is 1. The summed E-state index contributed by atoms with van der Waals surface area (Å²) >= 11 is 0. The van der Waals surface area contributed by atoms with E-state index in [2.05, 4.69) is 0 Å². The maximum atomic E-state index is 12.1. The minimum atomic E-state index is -1.05. The van der Waals surface area contributed by atoms with Crippen LogP contribution in [-0.4, -0.2) is 47.2 Å². The molecular weight excluding hydrogens is 246 g/mol. The van der Waals surface area contributed by atoms with E-state index in [-0.39, 0.29) is 11.5 Å². The summed E-state index contributed by atoms with van der Waals surface area (Å²) in [5.74, 6) is -0.854. The molecule has 108 valence electrons. The van der Waals surface area contributed by atoms with Gasteiger partial charge in [0.05, 0.1) is 0 Å². The molecule has 1 N–H and O–H groups in total. The van der Waals surface area contributed by atoms with E-state index in [0.29, 0.717) is 19.6 Å². The fraction of sp³-hybridized carbons (Fsp3) is 0.857. The normalized spacial score (nSPS) is 29.6. The zero-order valence-electron chi connectivity index (χ0n) is 11.7. The second-order valence-electron chi connectivity index (χ2n) is 6.02. The predicted octanol–water partition coefficient (Wildman–Crippen LogP) is 1.66. The Morgan fingerprint density at radius 1 is 1.26 bits per heavy atom. The van der Waals surface area contributed by atoms with Gasteiger partial charge in [-0.1, -0.05) is 0 Å². The number of nitrogens with zero attached hydrogens (tertiary/aromatic N) is 1. The Morgan fingerprint density at radius 2 is 1.89 bits per heavy atom. The molecule has 2 aliphatic rings. The zero-order chi connectivity index (χ0) is 14.1. The third-order valence-electron chi connectivity index (χ3n) is 4.99. The number of hydrogen-bond acceptors (Lipinski definition) is 3. The van der Waals surface area contributed by atoms with E-state index in [1.165, 1.54) is 4.90 Å². The van der Waals surface area contributed by atoms with Crippen LogP contribution in [0.2, 0.25) is 0 Å². The molecule has 1 aliphatic heterocycles. The van der Waals surface area contributed by atoms with E-state index >= 15 is 0 Å². The van der Waals surface area contributed by atoms with Gasteiger partial charge in [0, 0.05) is 24.7 Å². The Hall–Kier alpha value is -1.10. The van der Waals surface area contributed by atoms with E-state index in [0.717, 1.165) is 32.1 Å². The van der Waals surface area contributed by atoms with Gasteiger partial charge in [-0.25, -0.2) is 4.79 Å². The maximum absolute atomic E-state index is 12.1. The second-order valence-corrected chi connectivity index (χ2v) is 6.02. The molecule has 1 atom stereocenters. The van der Waals surface area contributed by atoms with E-state index in [4.69, 9.17) is 4.74 Å². The average molecular weight is 269 g/mol. The quantitative estimate of drug-likeness (QED) is 0.788. The van der Waals surface area contributed by atoms with Crippen molar-refractivity contribution in [3.05, 3.63) is 0 Å². The molecule has 0 aromatic rings. The summed E-state index contributed by atoms with van der Waals surface area (Å²) in [6, 6.07) is -0.105. The lowest BCUT2D eigenvalue weighted by molar-refractivity contribution is -0.172. The molecule has 5 heteroatoms.